The van der Waals surface area contributed by atoms with Crippen molar-refractivity contribution in [2.24, 2.45) is 5.92 Å². The number of nitrogens with one attached hydrogen (secondary N) is 1. The number of sulfone groups is 1. The number of halogens is 1. The Hall–Kier alpha value is -0.390. The minimum Gasteiger partial charge on any atom is -0.311 e. The third-order valence-electron chi connectivity index (χ3n) is 3.99. The van der Waals surface area contributed by atoms with E-state index in [1.165, 1.54) is 5.56 Å². The van der Waals surface area contributed by atoms with E-state index in [1.807, 2.05) is 18.2 Å². The van der Waals surface area contributed by atoms with Crippen LogP contribution in [0.3, 0.4) is 0 Å². The molecule has 118 valence electrons. The van der Waals surface area contributed by atoms with Crippen molar-refractivity contribution in [3.05, 3.63) is 34.3 Å². The van der Waals surface area contributed by atoms with Crippen molar-refractivity contribution >= 4 is 25.8 Å². The summed E-state index contributed by atoms with van der Waals surface area (Å²) in [5.41, 5.74) is 1.23. The van der Waals surface area contributed by atoms with Gasteiger partial charge in [0, 0.05) is 22.5 Å². The zero-order valence-electron chi connectivity index (χ0n) is 12.9. The second-order valence-electron chi connectivity index (χ2n) is 6.92. The molecule has 1 N–H and O–H groups in total. The molecule has 0 aromatic heterocycles. The van der Waals surface area contributed by atoms with Gasteiger partial charge in [0.25, 0.3) is 0 Å². The number of rotatable bonds is 4. The minimum atomic E-state index is -2.86. The molecule has 21 heavy (non-hydrogen) atoms. The van der Waals surface area contributed by atoms with E-state index in [4.69, 9.17) is 0 Å². The Bertz CT molecular complexity index is 593. The van der Waals surface area contributed by atoms with E-state index in [0.717, 1.165) is 17.4 Å². The third-order valence-corrected chi connectivity index (χ3v) is 6.51. The van der Waals surface area contributed by atoms with Crippen LogP contribution in [-0.4, -0.2) is 32.0 Å². The van der Waals surface area contributed by atoms with E-state index in [-0.39, 0.29) is 17.4 Å². The summed E-state index contributed by atoms with van der Waals surface area (Å²) in [7, 11) is -2.86. The first-order chi connectivity index (χ1) is 9.68. The van der Waals surface area contributed by atoms with Crippen molar-refractivity contribution in [3.63, 3.8) is 0 Å². The molecular weight excluding hydrogens is 350 g/mol. The van der Waals surface area contributed by atoms with Crippen molar-refractivity contribution in [2.45, 2.75) is 38.6 Å². The quantitative estimate of drug-likeness (QED) is 0.879. The molecule has 0 amide bonds. The van der Waals surface area contributed by atoms with Gasteiger partial charge in [-0.25, -0.2) is 8.42 Å². The standard InChI is InChI=1S/C16H24BrNO2S/c1-16(2,3)18-10-14(12-8-9-21(19,20)11-12)13-6-4-5-7-15(13)17/h4-7,12,14,18H,8-11H2,1-3H3. The summed E-state index contributed by atoms with van der Waals surface area (Å²) in [5.74, 6) is 1.06. The van der Waals surface area contributed by atoms with Crippen molar-refractivity contribution in [1.29, 1.82) is 0 Å². The molecule has 1 aromatic carbocycles. The van der Waals surface area contributed by atoms with Crippen LogP contribution in [0.4, 0.5) is 0 Å². The maximum Gasteiger partial charge on any atom is 0.150 e. The van der Waals surface area contributed by atoms with Crippen LogP contribution in [0.15, 0.2) is 28.7 Å². The first kappa shape index (κ1) is 17.0. The molecule has 2 atom stereocenters. The normalized spacial score (nSPS) is 23.1. The van der Waals surface area contributed by atoms with E-state index in [9.17, 15) is 8.42 Å². The second-order valence-corrected chi connectivity index (χ2v) is 10.0. The van der Waals surface area contributed by atoms with Gasteiger partial charge in [0.05, 0.1) is 11.5 Å². The van der Waals surface area contributed by atoms with Crippen LogP contribution >= 0.6 is 15.9 Å². The van der Waals surface area contributed by atoms with Gasteiger partial charge in [-0.2, -0.15) is 0 Å². The Morgan fingerprint density at radius 3 is 2.52 bits per heavy atom. The highest BCUT2D eigenvalue weighted by atomic mass is 79.9. The number of hydrogen-bond acceptors (Lipinski definition) is 3. The number of hydrogen-bond donors (Lipinski definition) is 1. The second kappa shape index (κ2) is 6.39. The molecule has 1 aliphatic rings. The van der Waals surface area contributed by atoms with Gasteiger partial charge in [0.2, 0.25) is 0 Å². The highest BCUT2D eigenvalue weighted by Crippen LogP contribution is 2.36. The molecule has 1 heterocycles. The molecule has 0 spiro atoms. The molecule has 1 fully saturated rings. The average Bonchev–Trinajstić information content (AvgIpc) is 2.71. The third kappa shape index (κ3) is 4.80. The molecule has 3 nitrogen and oxygen atoms in total. The van der Waals surface area contributed by atoms with Crippen molar-refractivity contribution < 1.29 is 8.42 Å². The first-order valence-electron chi connectivity index (χ1n) is 7.38. The Kier molecular flexibility index (Phi) is 5.16. The lowest BCUT2D eigenvalue weighted by Crippen LogP contribution is -2.40. The van der Waals surface area contributed by atoms with Crippen LogP contribution in [0.1, 0.15) is 38.7 Å². The van der Waals surface area contributed by atoms with Crippen LogP contribution in [-0.2, 0) is 9.84 Å². The Morgan fingerprint density at radius 1 is 1.33 bits per heavy atom. The minimum absolute atomic E-state index is 0.0248. The summed E-state index contributed by atoms with van der Waals surface area (Å²) in [4.78, 5) is 0. The molecular formula is C16H24BrNO2S. The van der Waals surface area contributed by atoms with Crippen LogP contribution in [0.2, 0.25) is 0 Å². The van der Waals surface area contributed by atoms with Gasteiger partial charge < -0.3 is 5.32 Å². The maximum atomic E-state index is 11.8. The summed E-state index contributed by atoms with van der Waals surface area (Å²) in [6.07, 6.45) is 0.764. The summed E-state index contributed by atoms with van der Waals surface area (Å²) in [5, 5.41) is 3.54. The van der Waals surface area contributed by atoms with Crippen molar-refractivity contribution in [3.8, 4) is 0 Å². The van der Waals surface area contributed by atoms with Gasteiger partial charge in [-0.1, -0.05) is 34.1 Å². The summed E-state index contributed by atoms with van der Waals surface area (Å²) in [6.45, 7) is 7.20. The van der Waals surface area contributed by atoms with Gasteiger partial charge >= 0.3 is 0 Å². The predicted molar refractivity (Wildman–Crippen MR) is 91.4 cm³/mol. The van der Waals surface area contributed by atoms with E-state index in [2.05, 4.69) is 48.1 Å². The fourth-order valence-corrected chi connectivity index (χ4v) is 5.32. The summed E-state index contributed by atoms with van der Waals surface area (Å²) < 4.78 is 24.7. The molecule has 0 radical (unpaired) electrons. The molecule has 0 bridgehead atoms. The smallest absolute Gasteiger partial charge is 0.150 e. The molecule has 1 saturated heterocycles. The van der Waals surface area contributed by atoms with Gasteiger partial charge in [-0.15, -0.1) is 0 Å². The molecule has 5 heteroatoms. The van der Waals surface area contributed by atoms with Gasteiger partial charge in [0.1, 0.15) is 0 Å². The Morgan fingerprint density at radius 2 is 2.00 bits per heavy atom. The zero-order chi connectivity index (χ0) is 15.7. The molecule has 1 aromatic rings. The predicted octanol–water partition coefficient (Wildman–Crippen LogP) is 3.36. The lowest BCUT2D eigenvalue weighted by atomic mass is 9.85. The Balaban J connectivity index is 2.25. The average molecular weight is 374 g/mol. The monoisotopic (exact) mass is 373 g/mol. The Labute approximate surface area is 136 Å². The van der Waals surface area contributed by atoms with Crippen molar-refractivity contribution in [1.82, 2.24) is 5.32 Å². The van der Waals surface area contributed by atoms with Crippen LogP contribution in [0, 0.1) is 5.92 Å². The molecule has 0 saturated carbocycles. The van der Waals surface area contributed by atoms with Crippen LogP contribution in [0.5, 0.6) is 0 Å². The summed E-state index contributed by atoms with van der Waals surface area (Å²) in [6, 6.07) is 8.15. The molecule has 2 rings (SSSR count). The summed E-state index contributed by atoms with van der Waals surface area (Å²) >= 11 is 3.62. The number of benzene rings is 1. The van der Waals surface area contributed by atoms with E-state index in [1.54, 1.807) is 0 Å². The maximum absolute atomic E-state index is 11.8. The van der Waals surface area contributed by atoms with Crippen molar-refractivity contribution in [2.75, 3.05) is 18.1 Å². The van der Waals surface area contributed by atoms with Gasteiger partial charge in [0.15, 0.2) is 9.84 Å². The van der Waals surface area contributed by atoms with Gasteiger partial charge in [-0.3, -0.25) is 0 Å². The highest BCUT2D eigenvalue weighted by Gasteiger charge is 2.35. The largest absolute Gasteiger partial charge is 0.311 e. The molecule has 2 unspecified atom stereocenters. The lowest BCUT2D eigenvalue weighted by molar-refractivity contribution is 0.363. The first-order valence-corrected chi connectivity index (χ1v) is 9.99. The van der Waals surface area contributed by atoms with E-state index < -0.39 is 9.84 Å². The molecule has 0 aliphatic carbocycles. The fraction of sp³-hybridized carbons (Fsp3) is 0.625. The topological polar surface area (TPSA) is 46.2 Å². The van der Waals surface area contributed by atoms with E-state index in [0.29, 0.717) is 11.5 Å². The SMILES string of the molecule is CC(C)(C)NCC(c1ccccc1Br)C1CCS(=O)(=O)C1. The molecule has 1 aliphatic heterocycles. The van der Waals surface area contributed by atoms with Crippen LogP contribution < -0.4 is 5.32 Å². The van der Waals surface area contributed by atoms with E-state index >= 15 is 0 Å². The zero-order valence-corrected chi connectivity index (χ0v) is 15.3. The van der Waals surface area contributed by atoms with Crippen LogP contribution in [0.25, 0.3) is 0 Å². The highest BCUT2D eigenvalue weighted by molar-refractivity contribution is 9.10. The van der Waals surface area contributed by atoms with Gasteiger partial charge in [-0.05, 0) is 44.7 Å². The fourth-order valence-electron chi connectivity index (χ4n) is 2.86. The lowest BCUT2D eigenvalue weighted by Gasteiger charge is -2.29.